The smallest absolute Gasteiger partial charge is 0.352 e. The molecule has 0 aliphatic carbocycles. The highest BCUT2D eigenvalue weighted by Gasteiger charge is 2.34. The summed E-state index contributed by atoms with van der Waals surface area (Å²) in [5.74, 6) is -0.437. The van der Waals surface area contributed by atoms with Gasteiger partial charge in [0.15, 0.2) is 5.69 Å². The van der Waals surface area contributed by atoms with Crippen molar-refractivity contribution in [3.8, 4) is 0 Å². The van der Waals surface area contributed by atoms with Crippen LogP contribution in [0.25, 0.3) is 0 Å². The van der Waals surface area contributed by atoms with Crippen LogP contribution in [-0.4, -0.2) is 16.0 Å². The van der Waals surface area contributed by atoms with Gasteiger partial charge in [-0.3, -0.25) is 0 Å². The number of aromatic nitrogens is 2. The molecule has 0 bridgehead atoms. The Morgan fingerprint density at radius 3 is 2.22 bits per heavy atom. The first-order valence-corrected chi connectivity index (χ1v) is 8.56. The molecule has 0 amide bonds. The molecular weight excluding hydrogens is 442 g/mol. The zero-order valence-electron chi connectivity index (χ0n) is 14.1. The minimum absolute atomic E-state index is 0.0286. The van der Waals surface area contributed by atoms with Gasteiger partial charge in [0, 0.05) is 16.6 Å². The van der Waals surface area contributed by atoms with E-state index in [0.717, 1.165) is 18.2 Å². The van der Waals surface area contributed by atoms with Gasteiger partial charge < -0.3 is 10.6 Å². The summed E-state index contributed by atoms with van der Waals surface area (Å²) in [6, 6.07) is 3.26. The molecule has 2 rings (SSSR count). The van der Waals surface area contributed by atoms with Crippen molar-refractivity contribution < 1.29 is 26.3 Å². The molecule has 4 nitrogen and oxygen atoms in total. The van der Waals surface area contributed by atoms with E-state index < -0.39 is 23.6 Å². The predicted molar refractivity (Wildman–Crippen MR) is 92.8 cm³/mol. The molecule has 0 spiro atoms. The van der Waals surface area contributed by atoms with Crippen molar-refractivity contribution in [3.63, 3.8) is 0 Å². The summed E-state index contributed by atoms with van der Waals surface area (Å²) in [7, 11) is 0. The maximum atomic E-state index is 13.1. The number of halogens is 7. The monoisotopic (exact) mass is 456 g/mol. The van der Waals surface area contributed by atoms with Crippen molar-refractivity contribution in [2.45, 2.75) is 38.7 Å². The number of nitrogens with zero attached hydrogens (tertiary/aromatic N) is 2. The van der Waals surface area contributed by atoms with E-state index in [1.807, 2.05) is 6.92 Å². The number of hydrogen-bond acceptors (Lipinski definition) is 4. The molecular formula is C16H15BrF6N4. The van der Waals surface area contributed by atoms with E-state index >= 15 is 0 Å². The molecule has 1 atom stereocenters. The van der Waals surface area contributed by atoms with Crippen molar-refractivity contribution in [2.75, 3.05) is 10.6 Å². The highest BCUT2D eigenvalue weighted by Crippen LogP contribution is 2.36. The lowest BCUT2D eigenvalue weighted by Gasteiger charge is -2.16. The van der Waals surface area contributed by atoms with E-state index in [9.17, 15) is 26.3 Å². The van der Waals surface area contributed by atoms with Crippen LogP contribution >= 0.6 is 15.9 Å². The molecule has 0 saturated carbocycles. The molecule has 0 fully saturated rings. The minimum atomic E-state index is -4.71. The van der Waals surface area contributed by atoms with E-state index in [1.54, 1.807) is 6.92 Å². The molecule has 2 N–H and O–H groups in total. The number of hydrogen-bond donors (Lipinski definition) is 2. The maximum absolute atomic E-state index is 13.1. The second-order valence-electron chi connectivity index (χ2n) is 5.73. The van der Waals surface area contributed by atoms with Gasteiger partial charge in [-0.15, -0.1) is 0 Å². The zero-order chi connectivity index (χ0) is 20.4. The molecule has 1 aromatic heterocycles. The fourth-order valence-electron chi connectivity index (χ4n) is 1.97. The van der Waals surface area contributed by atoms with Crippen LogP contribution < -0.4 is 10.6 Å². The molecule has 1 heterocycles. The van der Waals surface area contributed by atoms with Gasteiger partial charge in [-0.1, -0.05) is 6.92 Å². The van der Waals surface area contributed by atoms with Crippen LogP contribution in [0.3, 0.4) is 0 Å². The molecule has 0 saturated heterocycles. The normalized spacial score (nSPS) is 13.4. The van der Waals surface area contributed by atoms with Gasteiger partial charge in [0.1, 0.15) is 5.82 Å². The van der Waals surface area contributed by atoms with Gasteiger partial charge in [0.2, 0.25) is 5.95 Å². The van der Waals surface area contributed by atoms with Gasteiger partial charge in [-0.05, 0) is 47.5 Å². The lowest BCUT2D eigenvalue weighted by Crippen LogP contribution is -2.18. The predicted octanol–water partition coefficient (Wildman–Crippen LogP) is 6.23. The van der Waals surface area contributed by atoms with Crippen LogP contribution in [-0.2, 0) is 12.4 Å². The Morgan fingerprint density at radius 2 is 1.70 bits per heavy atom. The Balaban J connectivity index is 2.38. The first-order valence-electron chi connectivity index (χ1n) is 7.76. The lowest BCUT2D eigenvalue weighted by molar-refractivity contribution is -0.141. The summed E-state index contributed by atoms with van der Waals surface area (Å²) < 4.78 is 77.5. The number of nitrogens with one attached hydrogen (secondary N) is 2. The zero-order valence-corrected chi connectivity index (χ0v) is 15.7. The third kappa shape index (κ3) is 5.72. The van der Waals surface area contributed by atoms with Crippen LogP contribution in [0.4, 0.5) is 43.8 Å². The topological polar surface area (TPSA) is 49.8 Å². The van der Waals surface area contributed by atoms with Crippen LogP contribution in [0.5, 0.6) is 0 Å². The third-order valence-corrected chi connectivity index (χ3v) is 4.22. The van der Waals surface area contributed by atoms with E-state index in [4.69, 9.17) is 0 Å². The van der Waals surface area contributed by atoms with Crippen LogP contribution in [0.1, 0.15) is 31.5 Å². The molecule has 2 aromatic rings. The number of anilines is 3. The van der Waals surface area contributed by atoms with Crippen molar-refractivity contribution in [2.24, 2.45) is 0 Å². The summed E-state index contributed by atoms with van der Waals surface area (Å²) in [5.41, 5.74) is -1.93. The Bertz CT molecular complexity index is 806. The first kappa shape index (κ1) is 21.3. The Kier molecular flexibility index (Phi) is 6.23. The van der Waals surface area contributed by atoms with E-state index in [1.165, 1.54) is 0 Å². The summed E-state index contributed by atoms with van der Waals surface area (Å²) in [4.78, 5) is 7.42. The van der Waals surface area contributed by atoms with Crippen molar-refractivity contribution >= 4 is 33.4 Å². The molecule has 1 aromatic carbocycles. The molecule has 27 heavy (non-hydrogen) atoms. The summed E-state index contributed by atoms with van der Waals surface area (Å²) >= 11 is 2.98. The van der Waals surface area contributed by atoms with Crippen molar-refractivity contribution in [1.29, 1.82) is 0 Å². The average Bonchev–Trinajstić information content (AvgIpc) is 2.54. The third-order valence-electron chi connectivity index (χ3n) is 3.56. The first-order chi connectivity index (χ1) is 12.4. The summed E-state index contributed by atoms with van der Waals surface area (Å²) in [6.45, 7) is 3.59. The van der Waals surface area contributed by atoms with E-state index in [-0.39, 0.29) is 28.0 Å². The highest BCUT2D eigenvalue weighted by molar-refractivity contribution is 9.10. The van der Waals surface area contributed by atoms with Crippen LogP contribution in [0.2, 0.25) is 0 Å². The number of benzene rings is 1. The Morgan fingerprint density at radius 1 is 1.04 bits per heavy atom. The summed E-state index contributed by atoms with van der Waals surface area (Å²) in [6.07, 6.45) is -8.61. The molecule has 0 aliphatic rings. The average molecular weight is 457 g/mol. The van der Waals surface area contributed by atoms with Gasteiger partial charge in [0.05, 0.1) is 11.3 Å². The van der Waals surface area contributed by atoms with Gasteiger partial charge in [-0.25, -0.2) is 4.98 Å². The highest BCUT2D eigenvalue weighted by atomic mass is 79.9. The minimum Gasteiger partial charge on any atom is -0.352 e. The molecule has 11 heteroatoms. The van der Waals surface area contributed by atoms with Crippen LogP contribution in [0.15, 0.2) is 28.7 Å². The SMILES string of the molecule is CC[C@H](C)Nc1nc(Nc2ccc(C(F)(F)F)cc2Br)cc(C(F)(F)F)n1. The standard InChI is InChI=1S/C16H15BrF6N4/c1-3-8(2)24-14-26-12(16(21,22)23)7-13(27-14)25-11-5-4-9(6-10(11)17)15(18,19)20/h4-8H,3H2,1-2H3,(H2,24,25,26,27)/t8-/m0/s1. The van der Waals surface area contributed by atoms with E-state index in [2.05, 4.69) is 36.5 Å². The fourth-order valence-corrected chi connectivity index (χ4v) is 2.45. The summed E-state index contributed by atoms with van der Waals surface area (Å²) in [5, 5.41) is 5.34. The second-order valence-corrected chi connectivity index (χ2v) is 6.59. The molecule has 0 radical (unpaired) electrons. The Hall–Kier alpha value is -2.04. The van der Waals surface area contributed by atoms with Crippen molar-refractivity contribution in [3.05, 3.63) is 40.0 Å². The molecule has 0 aliphatic heterocycles. The lowest BCUT2D eigenvalue weighted by atomic mass is 10.2. The second kappa shape index (κ2) is 7.91. The Labute approximate surface area is 159 Å². The maximum Gasteiger partial charge on any atom is 0.433 e. The largest absolute Gasteiger partial charge is 0.433 e. The van der Waals surface area contributed by atoms with Gasteiger partial charge in [-0.2, -0.15) is 31.3 Å². The molecule has 148 valence electrons. The van der Waals surface area contributed by atoms with Crippen LogP contribution in [0, 0.1) is 0 Å². The number of rotatable bonds is 5. The van der Waals surface area contributed by atoms with Gasteiger partial charge in [0.25, 0.3) is 0 Å². The quantitative estimate of drug-likeness (QED) is 0.523. The molecule has 0 unspecified atom stereocenters. The van der Waals surface area contributed by atoms with Gasteiger partial charge >= 0.3 is 12.4 Å². The number of alkyl halides is 6. The van der Waals surface area contributed by atoms with Crippen molar-refractivity contribution in [1.82, 2.24) is 9.97 Å². The fraction of sp³-hybridized carbons (Fsp3) is 0.375. The van der Waals surface area contributed by atoms with E-state index in [0.29, 0.717) is 12.5 Å².